The highest BCUT2D eigenvalue weighted by molar-refractivity contribution is 5.28. The van der Waals surface area contributed by atoms with Gasteiger partial charge >= 0.3 is 0 Å². The van der Waals surface area contributed by atoms with Crippen molar-refractivity contribution < 1.29 is 0 Å². The number of H-pyrrole nitrogens is 1. The monoisotopic (exact) mass is 136 g/mol. The highest BCUT2D eigenvalue weighted by Crippen LogP contribution is 2.20. The number of hydrogen-bond donors (Lipinski definition) is 2. The van der Waals surface area contributed by atoms with E-state index >= 15 is 0 Å². The molecular weight excluding hydrogens is 124 g/mol. The third kappa shape index (κ3) is 0.762. The van der Waals surface area contributed by atoms with Gasteiger partial charge < -0.3 is 10.3 Å². The average molecular weight is 136 g/mol. The minimum Gasteiger partial charge on any atom is -0.367 e. The molecule has 0 saturated heterocycles. The van der Waals surface area contributed by atoms with E-state index in [4.69, 9.17) is 0 Å². The lowest BCUT2D eigenvalue weighted by atomic mass is 10.0. The third-order valence-corrected chi connectivity index (χ3v) is 2.18. The molecule has 54 valence electrons. The molecule has 2 nitrogen and oxygen atoms in total. The zero-order valence-corrected chi connectivity index (χ0v) is 6.15. The van der Waals surface area contributed by atoms with Gasteiger partial charge in [-0.1, -0.05) is 0 Å². The molecule has 2 heterocycles. The van der Waals surface area contributed by atoms with Crippen molar-refractivity contribution in [1.82, 2.24) is 10.3 Å². The first-order chi connectivity index (χ1) is 4.88. The zero-order chi connectivity index (χ0) is 6.97. The van der Waals surface area contributed by atoms with Crippen molar-refractivity contribution in [3.05, 3.63) is 23.5 Å². The van der Waals surface area contributed by atoms with Gasteiger partial charge in [-0.3, -0.25) is 0 Å². The van der Waals surface area contributed by atoms with Crippen molar-refractivity contribution in [2.75, 3.05) is 6.54 Å². The van der Waals surface area contributed by atoms with Crippen LogP contribution in [0.15, 0.2) is 12.4 Å². The smallest absolute Gasteiger partial charge is 0.0309 e. The first kappa shape index (κ1) is 5.98. The van der Waals surface area contributed by atoms with E-state index in [1.54, 1.807) is 0 Å². The molecule has 2 heteroatoms. The Kier molecular flexibility index (Phi) is 1.27. The van der Waals surface area contributed by atoms with Gasteiger partial charge in [0, 0.05) is 18.4 Å². The minimum atomic E-state index is 0.537. The molecule has 1 aliphatic rings. The lowest BCUT2D eigenvalue weighted by Gasteiger charge is -2.19. The molecule has 1 aromatic rings. The van der Waals surface area contributed by atoms with E-state index in [1.807, 2.05) is 0 Å². The molecule has 1 unspecified atom stereocenters. The first-order valence-electron chi connectivity index (χ1n) is 3.77. The topological polar surface area (TPSA) is 27.8 Å². The number of aromatic amines is 1. The summed E-state index contributed by atoms with van der Waals surface area (Å²) in [5.41, 5.74) is 2.91. The van der Waals surface area contributed by atoms with E-state index in [0.717, 1.165) is 6.54 Å². The fourth-order valence-corrected chi connectivity index (χ4v) is 1.56. The van der Waals surface area contributed by atoms with E-state index in [9.17, 15) is 0 Å². The fraction of sp³-hybridized carbons (Fsp3) is 0.500. The van der Waals surface area contributed by atoms with Crippen molar-refractivity contribution >= 4 is 0 Å². The van der Waals surface area contributed by atoms with Crippen LogP contribution in [0.25, 0.3) is 0 Å². The number of rotatable bonds is 0. The summed E-state index contributed by atoms with van der Waals surface area (Å²) >= 11 is 0. The van der Waals surface area contributed by atoms with Gasteiger partial charge in [-0.05, 0) is 31.0 Å². The van der Waals surface area contributed by atoms with Crippen LogP contribution < -0.4 is 5.32 Å². The predicted octanol–water partition coefficient (Wildman–Crippen LogP) is 1.22. The number of aromatic nitrogens is 1. The Labute approximate surface area is 60.6 Å². The summed E-state index contributed by atoms with van der Waals surface area (Å²) in [5.74, 6) is 0. The summed E-state index contributed by atoms with van der Waals surface area (Å²) in [6, 6.07) is 0.537. The Morgan fingerprint density at radius 3 is 3.20 bits per heavy atom. The molecule has 10 heavy (non-hydrogen) atoms. The maximum atomic E-state index is 3.40. The van der Waals surface area contributed by atoms with Gasteiger partial charge in [-0.25, -0.2) is 0 Å². The maximum Gasteiger partial charge on any atom is 0.0309 e. The predicted molar refractivity (Wildman–Crippen MR) is 40.9 cm³/mol. The standard InChI is InChI=1S/C8H12N2/c1-6-8-5-9-4-7(8)2-3-10-6/h4-6,9-10H,2-3H2,1H3. The third-order valence-electron chi connectivity index (χ3n) is 2.18. The summed E-state index contributed by atoms with van der Waals surface area (Å²) in [7, 11) is 0. The molecule has 1 aliphatic heterocycles. The molecule has 2 rings (SSSR count). The second-order valence-electron chi connectivity index (χ2n) is 2.86. The number of hydrogen-bond acceptors (Lipinski definition) is 1. The molecule has 2 N–H and O–H groups in total. The van der Waals surface area contributed by atoms with Gasteiger partial charge in [0.15, 0.2) is 0 Å². The first-order valence-corrected chi connectivity index (χ1v) is 3.77. The highest BCUT2D eigenvalue weighted by atomic mass is 14.9. The normalized spacial score (nSPS) is 24.3. The maximum absolute atomic E-state index is 3.40. The summed E-state index contributed by atoms with van der Waals surface area (Å²) in [4.78, 5) is 3.13. The summed E-state index contributed by atoms with van der Waals surface area (Å²) in [6.45, 7) is 3.32. The van der Waals surface area contributed by atoms with Crippen molar-refractivity contribution in [3.63, 3.8) is 0 Å². The van der Waals surface area contributed by atoms with Crippen LogP contribution in [0.1, 0.15) is 24.1 Å². The molecule has 0 spiro atoms. The minimum absolute atomic E-state index is 0.537. The zero-order valence-electron chi connectivity index (χ0n) is 6.15. The second kappa shape index (κ2) is 2.13. The van der Waals surface area contributed by atoms with Crippen molar-refractivity contribution in [2.24, 2.45) is 0 Å². The van der Waals surface area contributed by atoms with Crippen LogP contribution in [0.5, 0.6) is 0 Å². The second-order valence-corrected chi connectivity index (χ2v) is 2.86. The average Bonchev–Trinajstić information content (AvgIpc) is 2.36. The molecule has 0 amide bonds. The molecular formula is C8H12N2. The van der Waals surface area contributed by atoms with Crippen molar-refractivity contribution in [1.29, 1.82) is 0 Å². The van der Waals surface area contributed by atoms with E-state index in [0.29, 0.717) is 6.04 Å². The summed E-state index contributed by atoms with van der Waals surface area (Å²) in [6.07, 6.45) is 5.36. The Morgan fingerprint density at radius 2 is 2.40 bits per heavy atom. The molecule has 1 atom stereocenters. The molecule has 0 bridgehead atoms. The Morgan fingerprint density at radius 1 is 1.50 bits per heavy atom. The van der Waals surface area contributed by atoms with Crippen LogP contribution in [0.3, 0.4) is 0 Å². The SMILES string of the molecule is CC1NCCc2c[nH]cc21. The van der Waals surface area contributed by atoms with Gasteiger partial charge in [0.05, 0.1) is 0 Å². The van der Waals surface area contributed by atoms with E-state index in [1.165, 1.54) is 17.5 Å². The quantitative estimate of drug-likeness (QED) is 0.551. The summed E-state index contributed by atoms with van der Waals surface area (Å²) < 4.78 is 0. The molecule has 0 fully saturated rings. The fourth-order valence-electron chi connectivity index (χ4n) is 1.56. The molecule has 0 radical (unpaired) electrons. The lowest BCUT2D eigenvalue weighted by Crippen LogP contribution is -2.26. The number of nitrogens with one attached hydrogen (secondary N) is 2. The number of fused-ring (bicyclic) bond motifs is 1. The van der Waals surface area contributed by atoms with Crippen LogP contribution in [0, 0.1) is 0 Å². The van der Waals surface area contributed by atoms with Crippen LogP contribution in [0.4, 0.5) is 0 Å². The Bertz CT molecular complexity index is 227. The van der Waals surface area contributed by atoms with Gasteiger partial charge in [0.2, 0.25) is 0 Å². The van der Waals surface area contributed by atoms with Gasteiger partial charge in [0.25, 0.3) is 0 Å². The molecule has 0 aromatic carbocycles. The van der Waals surface area contributed by atoms with Crippen molar-refractivity contribution in [3.8, 4) is 0 Å². The highest BCUT2D eigenvalue weighted by Gasteiger charge is 2.14. The van der Waals surface area contributed by atoms with Gasteiger partial charge in [-0.15, -0.1) is 0 Å². The van der Waals surface area contributed by atoms with Gasteiger partial charge in [-0.2, -0.15) is 0 Å². The van der Waals surface area contributed by atoms with Crippen molar-refractivity contribution in [2.45, 2.75) is 19.4 Å². The molecule has 1 aromatic heterocycles. The molecule has 0 aliphatic carbocycles. The van der Waals surface area contributed by atoms with E-state index in [-0.39, 0.29) is 0 Å². The largest absolute Gasteiger partial charge is 0.367 e. The Balaban J connectivity index is 2.41. The lowest BCUT2D eigenvalue weighted by molar-refractivity contribution is 0.544. The van der Waals surface area contributed by atoms with E-state index < -0.39 is 0 Å². The van der Waals surface area contributed by atoms with Crippen LogP contribution >= 0.6 is 0 Å². The molecule has 0 saturated carbocycles. The Hall–Kier alpha value is -0.760. The van der Waals surface area contributed by atoms with Crippen LogP contribution in [-0.4, -0.2) is 11.5 Å². The van der Waals surface area contributed by atoms with Gasteiger partial charge in [0.1, 0.15) is 0 Å². The van der Waals surface area contributed by atoms with E-state index in [2.05, 4.69) is 29.6 Å². The summed E-state index contributed by atoms with van der Waals surface area (Å²) in [5, 5.41) is 3.40. The van der Waals surface area contributed by atoms with Crippen LogP contribution in [-0.2, 0) is 6.42 Å². The van der Waals surface area contributed by atoms with Crippen LogP contribution in [0.2, 0.25) is 0 Å².